The normalized spacial score (nSPS) is 11.1. The summed E-state index contributed by atoms with van der Waals surface area (Å²) in [6.45, 7) is 6.12. The zero-order chi connectivity index (χ0) is 14.7. The fraction of sp³-hybridized carbons (Fsp3) is 0.353. The number of rotatable bonds is 6. The van der Waals surface area contributed by atoms with Gasteiger partial charge in [-0.3, -0.25) is 0 Å². The lowest BCUT2D eigenvalue weighted by Crippen LogP contribution is -2.06. The van der Waals surface area contributed by atoms with Crippen LogP contribution in [0.2, 0.25) is 0 Å². The number of oxazole rings is 1. The molecule has 4 heteroatoms. The van der Waals surface area contributed by atoms with Gasteiger partial charge >= 0.3 is 0 Å². The van der Waals surface area contributed by atoms with Crippen molar-refractivity contribution in [3.63, 3.8) is 0 Å². The first-order chi connectivity index (χ1) is 10.3. The maximum absolute atomic E-state index is 5.63. The van der Waals surface area contributed by atoms with Gasteiger partial charge in [0.1, 0.15) is 5.52 Å². The second-order valence-electron chi connectivity index (χ2n) is 5.19. The molecule has 0 aliphatic heterocycles. The van der Waals surface area contributed by atoms with Crippen LogP contribution in [-0.2, 0) is 19.5 Å². The lowest BCUT2D eigenvalue weighted by molar-refractivity contribution is 0.538. The molecule has 0 aliphatic rings. The molecule has 0 aliphatic carbocycles. The van der Waals surface area contributed by atoms with Crippen molar-refractivity contribution in [3.8, 4) is 0 Å². The van der Waals surface area contributed by atoms with Crippen molar-refractivity contribution in [2.75, 3.05) is 5.32 Å². The molecule has 2 aromatic heterocycles. The molecule has 1 N–H and O–H groups in total. The van der Waals surface area contributed by atoms with Crippen LogP contribution in [0.5, 0.6) is 0 Å². The van der Waals surface area contributed by atoms with E-state index >= 15 is 0 Å². The molecule has 4 nitrogen and oxygen atoms in total. The van der Waals surface area contributed by atoms with E-state index in [9.17, 15) is 0 Å². The molecule has 0 radical (unpaired) electrons. The molecule has 110 valence electrons. The van der Waals surface area contributed by atoms with Crippen LogP contribution in [0.25, 0.3) is 11.1 Å². The Kier molecular flexibility index (Phi) is 3.95. The van der Waals surface area contributed by atoms with Gasteiger partial charge in [-0.15, -0.1) is 0 Å². The van der Waals surface area contributed by atoms with Crippen LogP contribution < -0.4 is 5.32 Å². The highest BCUT2D eigenvalue weighted by Gasteiger charge is 2.05. The van der Waals surface area contributed by atoms with Gasteiger partial charge in [0.25, 0.3) is 0 Å². The average Bonchev–Trinajstić information content (AvgIpc) is 3.11. The third kappa shape index (κ3) is 2.94. The number of hydrogen-bond donors (Lipinski definition) is 1. The highest BCUT2D eigenvalue weighted by atomic mass is 16.3. The number of nitrogens with zero attached hydrogens (tertiary/aromatic N) is 2. The number of fused-ring (bicyclic) bond motifs is 1. The number of nitrogens with one attached hydrogen (secondary N) is 1. The summed E-state index contributed by atoms with van der Waals surface area (Å²) >= 11 is 0. The van der Waals surface area contributed by atoms with Crippen molar-refractivity contribution in [1.82, 2.24) is 9.55 Å². The molecule has 0 spiro atoms. The van der Waals surface area contributed by atoms with Gasteiger partial charge in [-0.05, 0) is 36.8 Å². The number of anilines is 1. The second-order valence-corrected chi connectivity index (χ2v) is 5.19. The zero-order valence-electron chi connectivity index (χ0n) is 12.6. The minimum atomic E-state index is 0.791. The topological polar surface area (TPSA) is 43.0 Å². The van der Waals surface area contributed by atoms with Crippen molar-refractivity contribution in [2.24, 2.45) is 0 Å². The van der Waals surface area contributed by atoms with Crippen molar-refractivity contribution in [2.45, 2.75) is 39.8 Å². The Morgan fingerprint density at radius 3 is 2.95 bits per heavy atom. The summed E-state index contributed by atoms with van der Waals surface area (Å²) in [6, 6.07) is 10.3. The molecule has 21 heavy (non-hydrogen) atoms. The summed E-state index contributed by atoms with van der Waals surface area (Å²) in [6.07, 6.45) is 4.10. The molecule has 0 unspecified atom stereocenters. The average molecular weight is 283 g/mol. The highest BCUT2D eigenvalue weighted by molar-refractivity contribution is 5.77. The van der Waals surface area contributed by atoms with E-state index in [1.165, 1.54) is 5.69 Å². The van der Waals surface area contributed by atoms with E-state index in [0.717, 1.165) is 48.6 Å². The molecule has 2 heterocycles. The lowest BCUT2D eigenvalue weighted by atomic mass is 10.3. The first kappa shape index (κ1) is 13.7. The Hall–Kier alpha value is -2.23. The van der Waals surface area contributed by atoms with E-state index in [1.807, 2.05) is 25.1 Å². The molecule has 0 saturated carbocycles. The first-order valence-corrected chi connectivity index (χ1v) is 7.57. The molecule has 0 bridgehead atoms. The van der Waals surface area contributed by atoms with Crippen LogP contribution in [0.4, 0.5) is 5.69 Å². The molecule has 3 aromatic rings. The monoisotopic (exact) mass is 283 g/mol. The fourth-order valence-electron chi connectivity index (χ4n) is 2.50. The number of aromatic nitrogens is 2. The predicted molar refractivity (Wildman–Crippen MR) is 85.4 cm³/mol. The van der Waals surface area contributed by atoms with Crippen LogP contribution in [0, 0.1) is 0 Å². The van der Waals surface area contributed by atoms with E-state index in [1.54, 1.807) is 0 Å². The van der Waals surface area contributed by atoms with Gasteiger partial charge in [0, 0.05) is 30.5 Å². The Bertz CT molecular complexity index is 727. The van der Waals surface area contributed by atoms with Crippen molar-refractivity contribution < 1.29 is 4.42 Å². The Labute approximate surface area is 124 Å². The van der Waals surface area contributed by atoms with Crippen molar-refractivity contribution >= 4 is 16.8 Å². The predicted octanol–water partition coefficient (Wildman–Crippen LogP) is 4.21. The summed E-state index contributed by atoms with van der Waals surface area (Å²) in [5.41, 5.74) is 4.14. The van der Waals surface area contributed by atoms with Gasteiger partial charge in [-0.1, -0.05) is 13.8 Å². The van der Waals surface area contributed by atoms with Gasteiger partial charge in [-0.2, -0.15) is 0 Å². The summed E-state index contributed by atoms with van der Waals surface area (Å²) in [5, 5.41) is 3.46. The molecule has 0 saturated heterocycles. The molecule has 1 aromatic carbocycles. The Morgan fingerprint density at radius 2 is 2.14 bits per heavy atom. The summed E-state index contributed by atoms with van der Waals surface area (Å²) in [4.78, 5) is 4.47. The minimum Gasteiger partial charge on any atom is -0.441 e. The Morgan fingerprint density at radius 1 is 1.24 bits per heavy atom. The Balaban J connectivity index is 1.73. The maximum atomic E-state index is 5.63. The summed E-state index contributed by atoms with van der Waals surface area (Å²) < 4.78 is 7.92. The lowest BCUT2D eigenvalue weighted by Gasteiger charge is -2.10. The smallest absolute Gasteiger partial charge is 0.195 e. The molecular formula is C17H21N3O. The highest BCUT2D eigenvalue weighted by Crippen LogP contribution is 2.20. The number of benzene rings is 1. The van der Waals surface area contributed by atoms with Gasteiger partial charge in [-0.25, -0.2) is 4.98 Å². The van der Waals surface area contributed by atoms with Gasteiger partial charge in [0.2, 0.25) is 0 Å². The summed E-state index contributed by atoms with van der Waals surface area (Å²) in [5.74, 6) is 0.791. The number of hydrogen-bond acceptors (Lipinski definition) is 3. The molecule has 0 amide bonds. The number of aryl methyl sites for hydroxylation is 2. The second kappa shape index (κ2) is 6.04. The maximum Gasteiger partial charge on any atom is 0.195 e. The quantitative estimate of drug-likeness (QED) is 0.736. The standard InChI is InChI=1S/C17H21N3O/c1-3-9-20-10-5-6-14(20)12-18-13-7-8-16-15(11-13)19-17(4-2)21-16/h5-8,10-11,18H,3-4,9,12H2,1-2H3. The third-order valence-corrected chi connectivity index (χ3v) is 3.60. The van der Waals surface area contributed by atoms with E-state index in [2.05, 4.69) is 40.1 Å². The van der Waals surface area contributed by atoms with Crippen LogP contribution in [0.3, 0.4) is 0 Å². The largest absolute Gasteiger partial charge is 0.441 e. The molecular weight excluding hydrogens is 262 g/mol. The molecule has 3 rings (SSSR count). The third-order valence-electron chi connectivity index (χ3n) is 3.60. The minimum absolute atomic E-state index is 0.791. The van der Waals surface area contributed by atoms with Crippen LogP contribution in [-0.4, -0.2) is 9.55 Å². The van der Waals surface area contributed by atoms with Crippen molar-refractivity contribution in [3.05, 3.63) is 48.1 Å². The first-order valence-electron chi connectivity index (χ1n) is 7.57. The van der Waals surface area contributed by atoms with E-state index in [4.69, 9.17) is 4.42 Å². The van der Waals surface area contributed by atoms with Gasteiger partial charge in [0.15, 0.2) is 11.5 Å². The summed E-state index contributed by atoms with van der Waals surface area (Å²) in [7, 11) is 0. The zero-order valence-corrected chi connectivity index (χ0v) is 12.6. The van der Waals surface area contributed by atoms with Gasteiger partial charge < -0.3 is 14.3 Å². The van der Waals surface area contributed by atoms with Gasteiger partial charge in [0.05, 0.1) is 6.54 Å². The van der Waals surface area contributed by atoms with E-state index in [-0.39, 0.29) is 0 Å². The SMILES string of the molecule is CCCn1cccc1CNc1ccc2oc(CC)nc2c1. The van der Waals surface area contributed by atoms with Crippen LogP contribution in [0.15, 0.2) is 40.9 Å². The van der Waals surface area contributed by atoms with Crippen LogP contribution in [0.1, 0.15) is 31.9 Å². The van der Waals surface area contributed by atoms with E-state index < -0.39 is 0 Å². The van der Waals surface area contributed by atoms with Crippen molar-refractivity contribution in [1.29, 1.82) is 0 Å². The van der Waals surface area contributed by atoms with E-state index in [0.29, 0.717) is 0 Å². The molecule has 0 fully saturated rings. The molecule has 0 atom stereocenters. The fourth-order valence-corrected chi connectivity index (χ4v) is 2.50. The van der Waals surface area contributed by atoms with Crippen LogP contribution >= 0.6 is 0 Å².